The molecule has 0 radical (unpaired) electrons. The summed E-state index contributed by atoms with van der Waals surface area (Å²) in [4.78, 5) is 23.2. The van der Waals surface area contributed by atoms with E-state index in [1.54, 1.807) is 7.05 Å². The van der Waals surface area contributed by atoms with Crippen LogP contribution in [0, 0.1) is 27.7 Å². The molecule has 1 amide bonds. The Kier molecular flexibility index (Phi) is 4.46. The maximum atomic E-state index is 14.0. The number of hydrogen-bond donors (Lipinski definition) is 1. The zero-order chi connectivity index (χ0) is 15.6. The van der Waals surface area contributed by atoms with Gasteiger partial charge in [-0.15, -0.1) is 0 Å². The van der Waals surface area contributed by atoms with Crippen LogP contribution >= 0.6 is 0 Å². The van der Waals surface area contributed by atoms with Crippen LogP contribution in [0.4, 0.5) is 14.5 Å². The molecule has 1 heterocycles. The number of carbonyl (C=O) groups is 1. The summed E-state index contributed by atoms with van der Waals surface area (Å²) < 4.78 is 27.7. The average Bonchev–Trinajstić information content (AvgIpc) is 2.87. The number of benzene rings is 1. The van der Waals surface area contributed by atoms with Gasteiger partial charge in [0.1, 0.15) is 11.4 Å². The number of halogens is 2. The largest absolute Gasteiger partial charge is 0.338 e. The van der Waals surface area contributed by atoms with E-state index in [0.29, 0.717) is 19.6 Å². The molecule has 1 aliphatic rings. The second-order valence-electron chi connectivity index (χ2n) is 4.98. The van der Waals surface area contributed by atoms with Crippen molar-refractivity contribution in [1.82, 2.24) is 10.2 Å². The van der Waals surface area contributed by atoms with Crippen LogP contribution in [-0.2, 0) is 0 Å². The molecule has 8 heteroatoms. The summed E-state index contributed by atoms with van der Waals surface area (Å²) in [5.74, 6) is -3.13. The second-order valence-corrected chi connectivity index (χ2v) is 4.98. The van der Waals surface area contributed by atoms with Crippen molar-refractivity contribution in [2.75, 3.05) is 26.7 Å². The standard InChI is InChI=1S/C13H15F2N3O3/c1-16-6-8-4-5-17(7-8)13(19)11-9(14)2-3-10(12(11)15)18(20)21/h2-3,8,16H,4-7H2,1H3. The van der Waals surface area contributed by atoms with Crippen LogP contribution in [0.25, 0.3) is 0 Å². The predicted molar refractivity (Wildman–Crippen MR) is 70.9 cm³/mol. The van der Waals surface area contributed by atoms with Crippen molar-refractivity contribution >= 4 is 11.6 Å². The van der Waals surface area contributed by atoms with Crippen LogP contribution in [0.2, 0.25) is 0 Å². The SMILES string of the molecule is CNCC1CCN(C(=O)c2c(F)ccc([N+](=O)[O-])c2F)C1. The molecular weight excluding hydrogens is 284 g/mol. The van der Waals surface area contributed by atoms with Crippen molar-refractivity contribution in [3.63, 3.8) is 0 Å². The Hall–Kier alpha value is -2.09. The highest BCUT2D eigenvalue weighted by Gasteiger charge is 2.32. The lowest BCUT2D eigenvalue weighted by atomic mass is 10.1. The third-order valence-corrected chi connectivity index (χ3v) is 3.55. The number of nitro groups is 1. The van der Waals surface area contributed by atoms with Crippen LogP contribution in [0.15, 0.2) is 12.1 Å². The second kappa shape index (κ2) is 6.13. The summed E-state index contributed by atoms with van der Waals surface area (Å²) in [7, 11) is 1.78. The van der Waals surface area contributed by atoms with Gasteiger partial charge in [-0.1, -0.05) is 0 Å². The van der Waals surface area contributed by atoms with Crippen LogP contribution in [-0.4, -0.2) is 42.4 Å². The Labute approximate surface area is 119 Å². The van der Waals surface area contributed by atoms with Gasteiger partial charge in [0.25, 0.3) is 5.91 Å². The van der Waals surface area contributed by atoms with E-state index in [2.05, 4.69) is 5.32 Å². The molecule has 114 valence electrons. The molecule has 1 aromatic rings. The molecule has 0 aliphatic carbocycles. The predicted octanol–water partition coefficient (Wildman–Crippen LogP) is 1.55. The Balaban J connectivity index is 2.28. The molecule has 2 rings (SSSR count). The molecule has 0 bridgehead atoms. The van der Waals surface area contributed by atoms with Crippen molar-refractivity contribution in [3.8, 4) is 0 Å². The van der Waals surface area contributed by atoms with Gasteiger partial charge >= 0.3 is 5.69 Å². The Bertz CT molecular complexity index is 580. The molecule has 1 saturated heterocycles. The van der Waals surface area contributed by atoms with E-state index < -0.39 is 33.7 Å². The number of rotatable bonds is 4. The number of nitrogens with one attached hydrogen (secondary N) is 1. The van der Waals surface area contributed by atoms with Gasteiger partial charge in [-0.05, 0) is 32.0 Å². The topological polar surface area (TPSA) is 75.5 Å². The van der Waals surface area contributed by atoms with Crippen molar-refractivity contribution < 1.29 is 18.5 Å². The van der Waals surface area contributed by atoms with Crippen molar-refractivity contribution in [3.05, 3.63) is 39.4 Å². The van der Waals surface area contributed by atoms with Crippen molar-refractivity contribution in [2.24, 2.45) is 5.92 Å². The molecule has 0 spiro atoms. The van der Waals surface area contributed by atoms with E-state index in [-0.39, 0.29) is 5.92 Å². The number of amides is 1. The first-order valence-corrected chi connectivity index (χ1v) is 6.52. The minimum absolute atomic E-state index is 0.212. The molecule has 1 fully saturated rings. The first-order chi connectivity index (χ1) is 9.95. The van der Waals surface area contributed by atoms with E-state index in [4.69, 9.17) is 0 Å². The maximum Gasteiger partial charge on any atom is 0.305 e. The third kappa shape index (κ3) is 2.99. The lowest BCUT2D eigenvalue weighted by molar-refractivity contribution is -0.387. The van der Waals surface area contributed by atoms with Crippen LogP contribution in [0.3, 0.4) is 0 Å². The molecule has 1 atom stereocenters. The van der Waals surface area contributed by atoms with Crippen molar-refractivity contribution in [1.29, 1.82) is 0 Å². The Morgan fingerprint density at radius 2 is 2.24 bits per heavy atom. The lowest BCUT2D eigenvalue weighted by Gasteiger charge is -2.17. The number of likely N-dealkylation sites (tertiary alicyclic amines) is 1. The number of nitrogens with zero attached hydrogens (tertiary/aromatic N) is 2. The van der Waals surface area contributed by atoms with E-state index in [0.717, 1.165) is 18.6 Å². The summed E-state index contributed by atoms with van der Waals surface area (Å²) in [6.07, 6.45) is 0.727. The Morgan fingerprint density at radius 3 is 2.86 bits per heavy atom. The molecule has 1 N–H and O–H groups in total. The summed E-state index contributed by atoms with van der Waals surface area (Å²) in [5, 5.41) is 13.7. The van der Waals surface area contributed by atoms with Crippen LogP contribution in [0.1, 0.15) is 16.8 Å². The summed E-state index contributed by atoms with van der Waals surface area (Å²) in [6.45, 7) is 1.46. The molecule has 0 saturated carbocycles. The zero-order valence-electron chi connectivity index (χ0n) is 11.4. The first-order valence-electron chi connectivity index (χ1n) is 6.52. The molecule has 1 aromatic carbocycles. The first kappa shape index (κ1) is 15.3. The summed E-state index contributed by atoms with van der Waals surface area (Å²) in [5.41, 5.74) is -1.75. The fourth-order valence-electron chi connectivity index (χ4n) is 2.51. The fourth-order valence-corrected chi connectivity index (χ4v) is 2.51. The minimum Gasteiger partial charge on any atom is -0.338 e. The molecule has 6 nitrogen and oxygen atoms in total. The summed E-state index contributed by atoms with van der Waals surface area (Å²) in [6, 6.07) is 1.46. The van der Waals surface area contributed by atoms with Gasteiger partial charge in [-0.3, -0.25) is 14.9 Å². The molecule has 0 aromatic heterocycles. The number of nitro benzene ring substituents is 1. The van der Waals surface area contributed by atoms with E-state index in [1.165, 1.54) is 4.90 Å². The highest BCUT2D eigenvalue weighted by atomic mass is 19.1. The zero-order valence-corrected chi connectivity index (χ0v) is 11.4. The van der Waals surface area contributed by atoms with Gasteiger partial charge in [-0.2, -0.15) is 4.39 Å². The van der Waals surface area contributed by atoms with Gasteiger partial charge < -0.3 is 10.2 Å². The highest BCUT2D eigenvalue weighted by molar-refractivity contribution is 5.95. The minimum atomic E-state index is -1.41. The van der Waals surface area contributed by atoms with Gasteiger partial charge in [0.2, 0.25) is 5.82 Å². The average molecular weight is 299 g/mol. The monoisotopic (exact) mass is 299 g/mol. The van der Waals surface area contributed by atoms with E-state index in [1.807, 2.05) is 0 Å². The third-order valence-electron chi connectivity index (χ3n) is 3.55. The van der Waals surface area contributed by atoms with Crippen molar-refractivity contribution in [2.45, 2.75) is 6.42 Å². The van der Waals surface area contributed by atoms with Gasteiger partial charge in [-0.25, -0.2) is 4.39 Å². The summed E-state index contributed by atoms with van der Waals surface area (Å²) >= 11 is 0. The van der Waals surface area contributed by atoms with Crippen LogP contribution < -0.4 is 5.32 Å². The highest BCUT2D eigenvalue weighted by Crippen LogP contribution is 2.26. The van der Waals surface area contributed by atoms with Gasteiger partial charge in [0, 0.05) is 19.2 Å². The lowest BCUT2D eigenvalue weighted by Crippen LogP contribution is -2.31. The molecule has 1 aliphatic heterocycles. The Morgan fingerprint density at radius 1 is 1.52 bits per heavy atom. The molecule has 21 heavy (non-hydrogen) atoms. The van der Waals surface area contributed by atoms with Gasteiger partial charge in [0.05, 0.1) is 4.92 Å². The maximum absolute atomic E-state index is 14.0. The fraction of sp³-hybridized carbons (Fsp3) is 0.462. The molecular formula is C13H15F2N3O3. The van der Waals surface area contributed by atoms with Crippen LogP contribution in [0.5, 0.6) is 0 Å². The number of hydrogen-bond acceptors (Lipinski definition) is 4. The van der Waals surface area contributed by atoms with E-state index in [9.17, 15) is 23.7 Å². The van der Waals surface area contributed by atoms with Gasteiger partial charge in [0.15, 0.2) is 0 Å². The normalized spacial score (nSPS) is 18.0. The quantitative estimate of drug-likeness (QED) is 0.676. The van der Waals surface area contributed by atoms with E-state index >= 15 is 0 Å². The smallest absolute Gasteiger partial charge is 0.305 e. The molecule has 1 unspecified atom stereocenters. The number of carbonyl (C=O) groups excluding carboxylic acids is 1.